The fraction of sp³-hybridized carbons (Fsp3) is 0.292. The largest absolute Gasteiger partial charge is 0.470 e. The average molecular weight is 489 g/mol. The molecule has 0 saturated heterocycles. The lowest BCUT2D eigenvalue weighted by Crippen LogP contribution is -2.41. The molecule has 182 valence electrons. The maximum atomic E-state index is 14.6. The van der Waals surface area contributed by atoms with Gasteiger partial charge in [-0.25, -0.2) is 9.38 Å². The molecule has 2 aromatic carbocycles. The second kappa shape index (κ2) is 13.4. The topological polar surface area (TPSA) is 85.7 Å². The number of aliphatic hydroxyl groups excluding tert-OH is 1. The maximum absolute atomic E-state index is 14.6. The zero-order valence-electron chi connectivity index (χ0n) is 19.4. The lowest BCUT2D eigenvalue weighted by molar-refractivity contribution is -0.128. The molecule has 0 aliphatic heterocycles. The van der Waals surface area contributed by atoms with Gasteiger partial charge in [-0.15, -0.1) is 9.24 Å². The molecule has 2 amide bonds. The van der Waals surface area contributed by atoms with Gasteiger partial charge in [-0.3, -0.25) is 9.59 Å². The predicted molar refractivity (Wildman–Crippen MR) is 133 cm³/mol. The molecule has 0 saturated carbocycles. The molecule has 10 heteroatoms. The molecular weight excluding hydrogens is 458 g/mol. The van der Waals surface area contributed by atoms with Crippen LogP contribution in [-0.4, -0.2) is 72.8 Å². The molecule has 2 rings (SSSR count). The lowest BCUT2D eigenvalue weighted by Gasteiger charge is -2.31. The molecule has 0 fully saturated rings. The monoisotopic (exact) mass is 488 g/mol. The first-order chi connectivity index (χ1) is 16.3. The highest BCUT2D eigenvalue weighted by Gasteiger charge is 2.28. The molecule has 1 atom stereocenters. The summed E-state index contributed by atoms with van der Waals surface area (Å²) in [4.78, 5) is 33.2. The van der Waals surface area contributed by atoms with Crippen LogP contribution in [0.4, 0.5) is 4.39 Å². The number of carbonyl (C=O) groups excluding carboxylic acids is 2. The number of benzene rings is 2. The van der Waals surface area contributed by atoms with Crippen molar-refractivity contribution in [3.63, 3.8) is 0 Å². The van der Waals surface area contributed by atoms with Crippen LogP contribution in [0.25, 0.3) is 0 Å². The number of hydrogen-bond acceptors (Lipinski definition) is 6. The number of nitrogens with zero attached hydrogens (tertiary/aromatic N) is 4. The third-order valence-electron chi connectivity index (χ3n) is 4.96. The van der Waals surface area contributed by atoms with Gasteiger partial charge in [0.2, 0.25) is 6.41 Å². The van der Waals surface area contributed by atoms with Crippen molar-refractivity contribution in [1.82, 2.24) is 14.7 Å². The molecule has 0 aliphatic rings. The van der Waals surface area contributed by atoms with E-state index in [2.05, 4.69) is 20.9 Å². The molecule has 1 N–H and O–H groups in total. The van der Waals surface area contributed by atoms with E-state index < -0.39 is 11.7 Å². The summed E-state index contributed by atoms with van der Waals surface area (Å²) in [6.07, 6.45) is 0.890. The van der Waals surface area contributed by atoms with Gasteiger partial charge in [0.1, 0.15) is 5.70 Å². The Morgan fingerprint density at radius 3 is 2.53 bits per heavy atom. The van der Waals surface area contributed by atoms with Crippen molar-refractivity contribution in [3.8, 4) is 5.75 Å². The van der Waals surface area contributed by atoms with Gasteiger partial charge in [-0.2, -0.15) is 0 Å². The van der Waals surface area contributed by atoms with E-state index in [1.807, 2.05) is 30.3 Å². The van der Waals surface area contributed by atoms with Gasteiger partial charge in [0.05, 0.1) is 0 Å². The van der Waals surface area contributed by atoms with Gasteiger partial charge in [0.25, 0.3) is 5.91 Å². The summed E-state index contributed by atoms with van der Waals surface area (Å²) < 4.78 is 20.3. The van der Waals surface area contributed by atoms with E-state index >= 15 is 0 Å². The molecule has 0 aromatic heterocycles. The van der Waals surface area contributed by atoms with Crippen molar-refractivity contribution < 1.29 is 23.8 Å². The summed E-state index contributed by atoms with van der Waals surface area (Å²) in [6.45, 7) is 3.73. The number of likely N-dealkylation sites (N-methyl/N-ethyl adjacent to an activating group) is 1. The summed E-state index contributed by atoms with van der Waals surface area (Å²) in [5.74, 6) is -0.945. The third-order valence-corrected chi connectivity index (χ3v) is 5.40. The molecule has 0 spiro atoms. The normalized spacial score (nSPS) is 11.3. The molecule has 0 radical (unpaired) electrons. The van der Waals surface area contributed by atoms with E-state index in [9.17, 15) is 19.1 Å². The first-order valence-corrected chi connectivity index (χ1v) is 11.1. The van der Waals surface area contributed by atoms with Crippen LogP contribution >= 0.6 is 9.24 Å². The van der Waals surface area contributed by atoms with E-state index in [1.54, 1.807) is 24.1 Å². The van der Waals surface area contributed by atoms with Gasteiger partial charge in [-0.05, 0) is 24.8 Å². The van der Waals surface area contributed by atoms with Gasteiger partial charge >= 0.3 is 0 Å². The minimum atomic E-state index is -0.531. The fourth-order valence-corrected chi connectivity index (χ4v) is 3.40. The number of hydrogen-bond donors (Lipinski definition) is 1. The van der Waals surface area contributed by atoms with Crippen LogP contribution in [0, 0.1) is 5.82 Å². The zero-order valence-corrected chi connectivity index (χ0v) is 20.5. The molecule has 0 bridgehead atoms. The van der Waals surface area contributed by atoms with Gasteiger partial charge < -0.3 is 24.5 Å². The Morgan fingerprint density at radius 2 is 1.91 bits per heavy atom. The SMILES string of the molecule is C=N/C(=C(/C(=O)N(C)CCCO)N(COc1cccc(P)c1F)Cc1ccccc1)N(C)C=O. The van der Waals surface area contributed by atoms with Gasteiger partial charge in [0.15, 0.2) is 24.1 Å². The molecule has 0 aliphatic carbocycles. The standard InChI is InChI=1S/C24H30FN4O4P/c1-26-23(28(3)16-31)22(24(32)27(2)13-8-14-30)29(15-18-9-5-4-6-10-18)17-33-19-11-7-12-20(34)21(19)25/h4-7,9-12,16,30H,1,8,13-15,17,34H2,2-3H3/b23-22+. The highest BCUT2D eigenvalue weighted by molar-refractivity contribution is 7.27. The molecule has 0 heterocycles. The van der Waals surface area contributed by atoms with E-state index in [1.165, 1.54) is 18.0 Å². The predicted octanol–water partition coefficient (Wildman–Crippen LogP) is 1.96. The highest BCUT2D eigenvalue weighted by Crippen LogP contribution is 2.22. The third kappa shape index (κ3) is 7.10. The minimum Gasteiger partial charge on any atom is -0.470 e. The summed E-state index contributed by atoms with van der Waals surface area (Å²) in [7, 11) is 5.34. The Morgan fingerprint density at radius 1 is 1.21 bits per heavy atom. The van der Waals surface area contributed by atoms with Crippen molar-refractivity contribution in [3.05, 3.63) is 71.4 Å². The molecule has 34 heavy (non-hydrogen) atoms. The van der Waals surface area contributed by atoms with Crippen molar-refractivity contribution in [2.45, 2.75) is 13.0 Å². The molecule has 8 nitrogen and oxygen atoms in total. The van der Waals surface area contributed by atoms with Gasteiger partial charge in [-0.1, -0.05) is 42.5 Å². The van der Waals surface area contributed by atoms with Crippen LogP contribution < -0.4 is 10.0 Å². The van der Waals surface area contributed by atoms with Crippen LogP contribution in [0.3, 0.4) is 0 Å². The Kier molecular flexibility index (Phi) is 10.6. The lowest BCUT2D eigenvalue weighted by atomic mass is 10.2. The Bertz CT molecular complexity index is 1020. The van der Waals surface area contributed by atoms with Crippen LogP contribution in [0.1, 0.15) is 12.0 Å². The second-order valence-corrected chi connectivity index (χ2v) is 8.09. The first-order valence-electron chi connectivity index (χ1n) is 10.5. The summed E-state index contributed by atoms with van der Waals surface area (Å²) in [5.41, 5.74) is 0.906. The van der Waals surface area contributed by atoms with Crippen LogP contribution in [0.2, 0.25) is 0 Å². The van der Waals surface area contributed by atoms with Crippen molar-refractivity contribution in [2.24, 2.45) is 4.99 Å². The number of aliphatic imine (C=N–C) groups is 1. The first kappa shape index (κ1) is 27.0. The Balaban J connectivity index is 2.55. The molecule has 2 aromatic rings. The highest BCUT2D eigenvalue weighted by atomic mass is 31.0. The summed E-state index contributed by atoms with van der Waals surface area (Å²) in [6, 6.07) is 14.1. The van der Waals surface area contributed by atoms with Crippen LogP contribution in [0.5, 0.6) is 5.75 Å². The smallest absolute Gasteiger partial charge is 0.273 e. The van der Waals surface area contributed by atoms with E-state index in [0.717, 1.165) is 10.5 Å². The van der Waals surface area contributed by atoms with Crippen LogP contribution in [-0.2, 0) is 16.1 Å². The second-order valence-electron chi connectivity index (χ2n) is 7.47. The van der Waals surface area contributed by atoms with E-state index in [0.29, 0.717) is 18.1 Å². The number of aliphatic hydroxyl groups is 1. The van der Waals surface area contributed by atoms with Crippen molar-refractivity contribution in [1.29, 1.82) is 0 Å². The minimum absolute atomic E-state index is 0.0165. The molecule has 1 unspecified atom stereocenters. The van der Waals surface area contributed by atoms with E-state index in [4.69, 9.17) is 4.74 Å². The zero-order chi connectivity index (χ0) is 25.1. The van der Waals surface area contributed by atoms with Crippen molar-refractivity contribution >= 4 is 33.6 Å². The maximum Gasteiger partial charge on any atom is 0.273 e. The number of halogens is 1. The number of rotatable bonds is 13. The average Bonchev–Trinajstić information content (AvgIpc) is 2.85. The quantitative estimate of drug-likeness (QED) is 0.153. The van der Waals surface area contributed by atoms with Crippen molar-refractivity contribution in [2.75, 3.05) is 34.0 Å². The van der Waals surface area contributed by atoms with Crippen LogP contribution in [0.15, 0.2) is 65.0 Å². The van der Waals surface area contributed by atoms with Gasteiger partial charge in [0, 0.05) is 39.1 Å². The Hall–Kier alpha value is -3.29. The number of ether oxygens (including phenoxy) is 1. The number of amides is 2. The van der Waals surface area contributed by atoms with E-state index in [-0.39, 0.29) is 43.7 Å². The summed E-state index contributed by atoms with van der Waals surface area (Å²) in [5, 5.41) is 9.52. The summed E-state index contributed by atoms with van der Waals surface area (Å²) >= 11 is 0. The number of carbonyl (C=O) groups is 2. The fourth-order valence-electron chi connectivity index (χ4n) is 3.15. The molecular formula is C24H30FN4O4P. The Labute approximate surface area is 201 Å².